The highest BCUT2D eigenvalue weighted by atomic mass is 32.2. The van der Waals surface area contributed by atoms with E-state index in [9.17, 15) is 13.5 Å². The van der Waals surface area contributed by atoms with Gasteiger partial charge >= 0.3 is 0 Å². The molecule has 0 fully saturated rings. The molecular weight excluding hydrogens is 360 g/mol. The number of rotatable bonds is 21. The van der Waals surface area contributed by atoms with Crippen molar-refractivity contribution >= 4 is 10.1 Å². The van der Waals surface area contributed by atoms with Crippen molar-refractivity contribution in [2.24, 2.45) is 0 Å². The fourth-order valence-corrected chi connectivity index (χ4v) is 4.10. The molecule has 164 valence electrons. The highest BCUT2D eigenvalue weighted by Crippen LogP contribution is 2.15. The van der Waals surface area contributed by atoms with E-state index in [0.717, 1.165) is 12.8 Å². The minimum absolute atomic E-state index is 0.137. The van der Waals surface area contributed by atoms with Gasteiger partial charge in [0.2, 0.25) is 0 Å². The van der Waals surface area contributed by atoms with Crippen LogP contribution in [0.15, 0.2) is 0 Å². The van der Waals surface area contributed by atoms with Crippen LogP contribution < -0.4 is 0 Å². The van der Waals surface area contributed by atoms with Crippen LogP contribution in [0.25, 0.3) is 0 Å². The number of unbranched alkanes of at least 4 members (excludes halogenated alkanes) is 16. The maximum atomic E-state index is 10.6. The Morgan fingerprint density at radius 3 is 1.26 bits per heavy atom. The van der Waals surface area contributed by atoms with Gasteiger partial charge in [-0.05, 0) is 12.8 Å². The van der Waals surface area contributed by atoms with Crippen molar-refractivity contribution in [3.63, 3.8) is 0 Å². The second-order valence-electron chi connectivity index (χ2n) is 8.17. The monoisotopic (exact) mass is 406 g/mol. The Bertz CT molecular complexity index is 395. The standard InChI is InChI=1S/C22H46O4S/c1-2-3-4-5-6-7-8-9-10-11-12-13-14-15-16-17-18-19-22(23)20-21-27(24,25)26/h22-23H,2-21H2,1H3,(H,24,25,26). The first-order valence-electron chi connectivity index (χ1n) is 11.6. The predicted molar refractivity (Wildman–Crippen MR) is 116 cm³/mol. The van der Waals surface area contributed by atoms with Gasteiger partial charge in [-0.15, -0.1) is 0 Å². The molecule has 0 aromatic heterocycles. The number of hydrogen-bond acceptors (Lipinski definition) is 3. The zero-order valence-electron chi connectivity index (χ0n) is 17.8. The molecule has 0 bridgehead atoms. The van der Waals surface area contributed by atoms with Crippen LogP contribution in [0.2, 0.25) is 0 Å². The van der Waals surface area contributed by atoms with E-state index in [1.807, 2.05) is 0 Å². The number of aliphatic hydroxyl groups excluding tert-OH is 1. The molecular formula is C22H46O4S. The zero-order valence-corrected chi connectivity index (χ0v) is 18.7. The quantitative estimate of drug-likeness (QED) is 0.165. The first-order chi connectivity index (χ1) is 13.0. The lowest BCUT2D eigenvalue weighted by Gasteiger charge is -2.09. The summed E-state index contributed by atoms with van der Waals surface area (Å²) in [6, 6.07) is 0. The van der Waals surface area contributed by atoms with Crippen molar-refractivity contribution in [2.75, 3.05) is 5.75 Å². The average Bonchev–Trinajstić information content (AvgIpc) is 2.62. The summed E-state index contributed by atoms with van der Waals surface area (Å²) in [6.07, 6.45) is 22.7. The van der Waals surface area contributed by atoms with Gasteiger partial charge in [-0.25, -0.2) is 0 Å². The van der Waals surface area contributed by atoms with Gasteiger partial charge < -0.3 is 5.11 Å². The molecule has 0 saturated carbocycles. The summed E-state index contributed by atoms with van der Waals surface area (Å²) in [5.74, 6) is -0.340. The SMILES string of the molecule is CCCCCCCCCCCCCCCCCCCC(O)CCS(=O)(=O)O. The highest BCUT2D eigenvalue weighted by Gasteiger charge is 2.10. The Labute approximate surface area is 169 Å². The second kappa shape index (κ2) is 19.2. The van der Waals surface area contributed by atoms with Crippen molar-refractivity contribution in [1.29, 1.82) is 0 Å². The van der Waals surface area contributed by atoms with E-state index in [1.165, 1.54) is 96.3 Å². The van der Waals surface area contributed by atoms with Gasteiger partial charge in [-0.2, -0.15) is 8.42 Å². The van der Waals surface area contributed by atoms with Crippen LogP contribution in [0.1, 0.15) is 129 Å². The molecule has 0 aliphatic rings. The maximum absolute atomic E-state index is 10.6. The van der Waals surface area contributed by atoms with Crippen molar-refractivity contribution in [2.45, 2.75) is 135 Å². The van der Waals surface area contributed by atoms with E-state index >= 15 is 0 Å². The molecule has 1 unspecified atom stereocenters. The van der Waals surface area contributed by atoms with Crippen LogP contribution >= 0.6 is 0 Å². The Morgan fingerprint density at radius 1 is 0.593 bits per heavy atom. The smallest absolute Gasteiger partial charge is 0.264 e. The van der Waals surface area contributed by atoms with Gasteiger partial charge in [0, 0.05) is 0 Å². The highest BCUT2D eigenvalue weighted by molar-refractivity contribution is 7.85. The lowest BCUT2D eigenvalue weighted by atomic mass is 10.0. The molecule has 0 heterocycles. The Hall–Kier alpha value is -0.130. The van der Waals surface area contributed by atoms with Crippen LogP contribution in [-0.2, 0) is 10.1 Å². The summed E-state index contributed by atoms with van der Waals surface area (Å²) in [7, 11) is -3.94. The normalized spacial score (nSPS) is 13.1. The third-order valence-electron chi connectivity index (χ3n) is 5.35. The third-order valence-corrected chi connectivity index (χ3v) is 6.10. The predicted octanol–water partition coefficient (Wildman–Crippen LogP) is 6.67. The molecule has 0 amide bonds. The average molecular weight is 407 g/mol. The fraction of sp³-hybridized carbons (Fsp3) is 1.00. The van der Waals surface area contributed by atoms with E-state index in [0.29, 0.717) is 6.42 Å². The molecule has 0 aromatic carbocycles. The largest absolute Gasteiger partial charge is 0.393 e. The molecule has 0 spiro atoms. The van der Waals surface area contributed by atoms with Gasteiger partial charge in [0.25, 0.3) is 10.1 Å². The van der Waals surface area contributed by atoms with E-state index in [-0.39, 0.29) is 12.2 Å². The van der Waals surface area contributed by atoms with Crippen molar-refractivity contribution in [3.05, 3.63) is 0 Å². The first kappa shape index (κ1) is 26.9. The molecule has 1 atom stereocenters. The molecule has 5 heteroatoms. The van der Waals surface area contributed by atoms with Crippen molar-refractivity contribution in [3.8, 4) is 0 Å². The lowest BCUT2D eigenvalue weighted by molar-refractivity contribution is 0.156. The second-order valence-corrected chi connectivity index (χ2v) is 9.75. The van der Waals surface area contributed by atoms with E-state index in [2.05, 4.69) is 6.92 Å². The summed E-state index contributed by atoms with van der Waals surface area (Å²) >= 11 is 0. The van der Waals surface area contributed by atoms with Crippen LogP contribution in [-0.4, -0.2) is 29.9 Å². The molecule has 0 rings (SSSR count). The maximum Gasteiger partial charge on any atom is 0.264 e. The number of hydrogen-bond donors (Lipinski definition) is 2. The fourth-order valence-electron chi connectivity index (χ4n) is 3.53. The Balaban J connectivity index is 3.14. The summed E-state index contributed by atoms with van der Waals surface area (Å²) < 4.78 is 29.9. The van der Waals surface area contributed by atoms with Gasteiger partial charge in [0.1, 0.15) is 0 Å². The topological polar surface area (TPSA) is 74.6 Å². The van der Waals surface area contributed by atoms with Gasteiger partial charge in [0.15, 0.2) is 0 Å². The Kier molecular flexibility index (Phi) is 19.1. The third kappa shape index (κ3) is 23.8. The van der Waals surface area contributed by atoms with Crippen LogP contribution in [0, 0.1) is 0 Å². The lowest BCUT2D eigenvalue weighted by Crippen LogP contribution is -2.14. The summed E-state index contributed by atoms with van der Waals surface area (Å²) in [6.45, 7) is 2.27. The zero-order chi connectivity index (χ0) is 20.2. The van der Waals surface area contributed by atoms with Crippen LogP contribution in [0.3, 0.4) is 0 Å². The molecule has 4 nitrogen and oxygen atoms in total. The minimum atomic E-state index is -3.94. The molecule has 0 aliphatic carbocycles. The number of aliphatic hydroxyl groups is 1. The van der Waals surface area contributed by atoms with Crippen LogP contribution in [0.4, 0.5) is 0 Å². The van der Waals surface area contributed by atoms with Crippen molar-refractivity contribution < 1.29 is 18.1 Å². The van der Waals surface area contributed by atoms with E-state index in [1.54, 1.807) is 0 Å². The van der Waals surface area contributed by atoms with Crippen LogP contribution in [0.5, 0.6) is 0 Å². The summed E-state index contributed by atoms with van der Waals surface area (Å²) in [4.78, 5) is 0. The van der Waals surface area contributed by atoms with E-state index < -0.39 is 16.2 Å². The Morgan fingerprint density at radius 2 is 0.926 bits per heavy atom. The molecule has 0 saturated heterocycles. The van der Waals surface area contributed by atoms with E-state index in [4.69, 9.17) is 4.55 Å². The molecule has 27 heavy (non-hydrogen) atoms. The molecule has 2 N–H and O–H groups in total. The molecule has 0 aliphatic heterocycles. The van der Waals surface area contributed by atoms with Crippen molar-refractivity contribution in [1.82, 2.24) is 0 Å². The minimum Gasteiger partial charge on any atom is -0.393 e. The van der Waals surface area contributed by atoms with Gasteiger partial charge in [-0.1, -0.05) is 116 Å². The van der Waals surface area contributed by atoms with Gasteiger partial charge in [0.05, 0.1) is 11.9 Å². The summed E-state index contributed by atoms with van der Waals surface area (Å²) in [5.41, 5.74) is 0. The molecule has 0 radical (unpaired) electrons. The van der Waals surface area contributed by atoms with Gasteiger partial charge in [-0.3, -0.25) is 4.55 Å². The summed E-state index contributed by atoms with van der Waals surface area (Å²) in [5, 5.41) is 9.66. The molecule has 0 aromatic rings. The first-order valence-corrected chi connectivity index (χ1v) is 13.2.